The Balaban J connectivity index is 2.00. The molecule has 0 aliphatic rings. The zero-order valence-corrected chi connectivity index (χ0v) is 9.46. The number of nitro groups is 1. The van der Waals surface area contributed by atoms with Crippen LogP contribution in [0.3, 0.4) is 0 Å². The Morgan fingerprint density at radius 1 is 1.29 bits per heavy atom. The van der Waals surface area contributed by atoms with E-state index in [0.717, 1.165) is 11.4 Å². The molecular weight excluding hydrogens is 218 g/mol. The molecule has 0 bridgehead atoms. The van der Waals surface area contributed by atoms with Gasteiger partial charge in [-0.15, -0.1) is 0 Å². The van der Waals surface area contributed by atoms with Crippen molar-refractivity contribution in [3.8, 4) is 0 Å². The number of hydrogen-bond acceptors (Lipinski definition) is 3. The standard InChI is InChI=1S/C12H13N3O2/c1-14-8-2-3-12(14)9-13-10-4-6-11(7-5-10)15(16)17/h2-8,13H,9H2,1H3. The molecule has 17 heavy (non-hydrogen) atoms. The van der Waals surface area contributed by atoms with Crippen LogP contribution in [0.2, 0.25) is 0 Å². The second-order valence-electron chi connectivity index (χ2n) is 3.77. The largest absolute Gasteiger partial charge is 0.379 e. The lowest BCUT2D eigenvalue weighted by atomic mass is 10.3. The average Bonchev–Trinajstić information content (AvgIpc) is 2.73. The number of nitrogens with one attached hydrogen (secondary N) is 1. The number of non-ortho nitro benzene ring substituents is 1. The van der Waals surface area contributed by atoms with Gasteiger partial charge in [-0.05, 0) is 24.3 Å². The van der Waals surface area contributed by atoms with Gasteiger partial charge < -0.3 is 9.88 Å². The van der Waals surface area contributed by atoms with Crippen LogP contribution in [0.4, 0.5) is 11.4 Å². The molecule has 0 aliphatic carbocycles. The van der Waals surface area contributed by atoms with Crippen molar-refractivity contribution in [3.63, 3.8) is 0 Å². The Morgan fingerprint density at radius 2 is 2.00 bits per heavy atom. The lowest BCUT2D eigenvalue weighted by Gasteiger charge is -2.07. The summed E-state index contributed by atoms with van der Waals surface area (Å²) >= 11 is 0. The Labute approximate surface area is 98.8 Å². The Kier molecular flexibility index (Phi) is 3.09. The molecule has 0 unspecified atom stereocenters. The number of nitrogens with zero attached hydrogens (tertiary/aromatic N) is 2. The maximum atomic E-state index is 10.5. The number of anilines is 1. The molecule has 1 aromatic heterocycles. The fourth-order valence-corrected chi connectivity index (χ4v) is 1.57. The van der Waals surface area contributed by atoms with Crippen molar-refractivity contribution >= 4 is 11.4 Å². The van der Waals surface area contributed by atoms with Crippen LogP contribution in [0.25, 0.3) is 0 Å². The highest BCUT2D eigenvalue weighted by Crippen LogP contribution is 2.16. The zero-order valence-electron chi connectivity index (χ0n) is 9.46. The summed E-state index contributed by atoms with van der Waals surface area (Å²) in [6.45, 7) is 0.696. The van der Waals surface area contributed by atoms with Crippen LogP contribution >= 0.6 is 0 Å². The van der Waals surface area contributed by atoms with Crippen molar-refractivity contribution in [2.45, 2.75) is 6.54 Å². The van der Waals surface area contributed by atoms with Gasteiger partial charge in [-0.2, -0.15) is 0 Å². The van der Waals surface area contributed by atoms with Crippen LogP contribution in [0.1, 0.15) is 5.69 Å². The molecule has 0 fully saturated rings. The maximum Gasteiger partial charge on any atom is 0.269 e. The van der Waals surface area contributed by atoms with Gasteiger partial charge >= 0.3 is 0 Å². The van der Waals surface area contributed by atoms with Crippen LogP contribution < -0.4 is 5.32 Å². The van der Waals surface area contributed by atoms with Crippen LogP contribution in [0.5, 0.6) is 0 Å². The molecule has 1 N–H and O–H groups in total. The van der Waals surface area contributed by atoms with Crippen molar-refractivity contribution in [2.24, 2.45) is 7.05 Å². The third-order valence-corrected chi connectivity index (χ3v) is 2.60. The van der Waals surface area contributed by atoms with Crippen molar-refractivity contribution in [3.05, 3.63) is 58.4 Å². The van der Waals surface area contributed by atoms with E-state index in [0.29, 0.717) is 6.54 Å². The number of rotatable bonds is 4. The van der Waals surface area contributed by atoms with Crippen LogP contribution in [-0.2, 0) is 13.6 Å². The first kappa shape index (κ1) is 11.2. The Hall–Kier alpha value is -2.30. The second-order valence-corrected chi connectivity index (χ2v) is 3.77. The highest BCUT2D eigenvalue weighted by atomic mass is 16.6. The lowest BCUT2D eigenvalue weighted by Crippen LogP contribution is -2.03. The fraction of sp³-hybridized carbons (Fsp3) is 0.167. The predicted octanol–water partition coefficient (Wildman–Crippen LogP) is 2.55. The molecule has 5 heteroatoms. The minimum atomic E-state index is -0.402. The van der Waals surface area contributed by atoms with E-state index in [4.69, 9.17) is 0 Å². The highest BCUT2D eigenvalue weighted by molar-refractivity contribution is 5.48. The zero-order chi connectivity index (χ0) is 12.3. The third-order valence-electron chi connectivity index (χ3n) is 2.60. The summed E-state index contributed by atoms with van der Waals surface area (Å²) in [6.07, 6.45) is 1.98. The van der Waals surface area contributed by atoms with E-state index in [-0.39, 0.29) is 5.69 Å². The summed E-state index contributed by atoms with van der Waals surface area (Å²) in [5.41, 5.74) is 2.13. The molecule has 1 aromatic carbocycles. The molecule has 0 radical (unpaired) electrons. The SMILES string of the molecule is Cn1cccc1CNc1ccc([N+](=O)[O-])cc1. The molecule has 0 atom stereocenters. The predicted molar refractivity (Wildman–Crippen MR) is 65.8 cm³/mol. The highest BCUT2D eigenvalue weighted by Gasteiger charge is 2.03. The molecule has 2 rings (SSSR count). The van der Waals surface area contributed by atoms with Gasteiger partial charge in [-0.25, -0.2) is 0 Å². The van der Waals surface area contributed by atoms with E-state index in [1.807, 2.05) is 29.9 Å². The molecule has 0 saturated carbocycles. The first-order valence-electron chi connectivity index (χ1n) is 5.25. The molecule has 88 valence electrons. The number of hydrogen-bond donors (Lipinski definition) is 1. The topological polar surface area (TPSA) is 60.1 Å². The quantitative estimate of drug-likeness (QED) is 0.649. The second kappa shape index (κ2) is 4.69. The number of aryl methyl sites for hydroxylation is 1. The number of aromatic nitrogens is 1. The van der Waals surface area contributed by atoms with E-state index in [2.05, 4.69) is 5.32 Å². The van der Waals surface area contributed by atoms with E-state index >= 15 is 0 Å². The van der Waals surface area contributed by atoms with Crippen LogP contribution in [0, 0.1) is 10.1 Å². The van der Waals surface area contributed by atoms with Crippen molar-refractivity contribution < 1.29 is 4.92 Å². The number of benzene rings is 1. The summed E-state index contributed by atoms with van der Waals surface area (Å²) in [5, 5.41) is 13.7. The van der Waals surface area contributed by atoms with Gasteiger partial charge in [-0.3, -0.25) is 10.1 Å². The van der Waals surface area contributed by atoms with E-state index < -0.39 is 4.92 Å². The average molecular weight is 231 g/mol. The Bertz CT molecular complexity index is 517. The molecule has 0 amide bonds. The van der Waals surface area contributed by atoms with Gasteiger partial charge in [0.1, 0.15) is 0 Å². The molecule has 0 saturated heterocycles. The summed E-state index contributed by atoms with van der Waals surface area (Å²) in [4.78, 5) is 10.1. The van der Waals surface area contributed by atoms with E-state index in [1.54, 1.807) is 12.1 Å². The van der Waals surface area contributed by atoms with E-state index in [9.17, 15) is 10.1 Å². The first-order chi connectivity index (χ1) is 8.16. The maximum absolute atomic E-state index is 10.5. The third kappa shape index (κ3) is 2.63. The summed E-state index contributed by atoms with van der Waals surface area (Å²) in [5.74, 6) is 0. The minimum absolute atomic E-state index is 0.106. The monoisotopic (exact) mass is 231 g/mol. The van der Waals surface area contributed by atoms with Crippen LogP contribution in [-0.4, -0.2) is 9.49 Å². The lowest BCUT2D eigenvalue weighted by molar-refractivity contribution is -0.384. The summed E-state index contributed by atoms with van der Waals surface area (Å²) in [7, 11) is 1.98. The van der Waals surface area contributed by atoms with Gasteiger partial charge in [0.15, 0.2) is 0 Å². The molecule has 0 spiro atoms. The molecule has 1 heterocycles. The first-order valence-corrected chi connectivity index (χ1v) is 5.25. The van der Waals surface area contributed by atoms with Gasteiger partial charge in [0.2, 0.25) is 0 Å². The molecule has 0 aliphatic heterocycles. The van der Waals surface area contributed by atoms with Gasteiger partial charge in [0.25, 0.3) is 5.69 Å². The van der Waals surface area contributed by atoms with Gasteiger partial charge in [0.05, 0.1) is 11.5 Å². The molecular formula is C12H13N3O2. The van der Waals surface area contributed by atoms with Crippen molar-refractivity contribution in [1.82, 2.24) is 4.57 Å². The van der Waals surface area contributed by atoms with E-state index in [1.165, 1.54) is 12.1 Å². The summed E-state index contributed by atoms with van der Waals surface area (Å²) < 4.78 is 2.03. The van der Waals surface area contributed by atoms with Crippen molar-refractivity contribution in [1.29, 1.82) is 0 Å². The fourth-order valence-electron chi connectivity index (χ4n) is 1.57. The van der Waals surface area contributed by atoms with Gasteiger partial charge in [0, 0.05) is 36.8 Å². The molecule has 5 nitrogen and oxygen atoms in total. The smallest absolute Gasteiger partial charge is 0.269 e. The van der Waals surface area contributed by atoms with Crippen molar-refractivity contribution in [2.75, 3.05) is 5.32 Å². The number of nitro benzene ring substituents is 1. The minimum Gasteiger partial charge on any atom is -0.379 e. The van der Waals surface area contributed by atoms with Gasteiger partial charge in [-0.1, -0.05) is 0 Å². The normalized spacial score (nSPS) is 10.2. The summed E-state index contributed by atoms with van der Waals surface area (Å²) in [6, 6.07) is 10.4. The van der Waals surface area contributed by atoms with Crippen LogP contribution in [0.15, 0.2) is 42.6 Å². The molecule has 2 aromatic rings. The Morgan fingerprint density at radius 3 is 2.53 bits per heavy atom.